The summed E-state index contributed by atoms with van der Waals surface area (Å²) in [7, 11) is 2.45. The number of alkyl halides is 6. The normalized spacial score (nSPS) is 11.2. The minimum absolute atomic E-state index is 0.00255. The number of nitrogens with zero attached hydrogens (tertiary/aromatic N) is 3. The number of rotatable bonds is 9. The van der Waals surface area contributed by atoms with E-state index in [4.69, 9.17) is 11.3 Å². The highest BCUT2D eigenvalue weighted by atomic mass is 32.1. The molecular formula is C40H23F10N5O5S2. The molecule has 0 aliphatic heterocycles. The Labute approximate surface area is 350 Å². The molecule has 2 N–H and O–H groups in total. The molecule has 0 radical (unpaired) electrons. The van der Waals surface area contributed by atoms with E-state index >= 15 is 0 Å². The first-order valence-electron chi connectivity index (χ1n) is 16.8. The van der Waals surface area contributed by atoms with Crippen molar-refractivity contribution in [3.05, 3.63) is 142 Å². The van der Waals surface area contributed by atoms with Crippen molar-refractivity contribution in [1.82, 2.24) is 15.0 Å². The zero-order valence-corrected chi connectivity index (χ0v) is 32.8. The van der Waals surface area contributed by atoms with Crippen LogP contribution in [0.2, 0.25) is 0 Å². The first-order valence-corrected chi connectivity index (χ1v) is 18.5. The topological polar surface area (TPSA) is 131 Å². The fraction of sp³-hybridized carbons (Fsp3) is 0.100. The highest BCUT2D eigenvalue weighted by molar-refractivity contribution is 7.19. The zero-order chi connectivity index (χ0) is 45.7. The number of hydrogen-bond acceptors (Lipinski definition) is 9. The van der Waals surface area contributed by atoms with E-state index in [9.17, 15) is 63.1 Å². The quantitative estimate of drug-likeness (QED) is 0.0486. The van der Waals surface area contributed by atoms with Gasteiger partial charge in [-0.1, -0.05) is 59.1 Å². The Morgan fingerprint density at radius 3 is 1.39 bits per heavy atom. The highest BCUT2D eigenvalue weighted by Crippen LogP contribution is 2.39. The van der Waals surface area contributed by atoms with Crippen LogP contribution in [0.5, 0.6) is 0 Å². The first kappa shape index (κ1) is 46.1. The van der Waals surface area contributed by atoms with Gasteiger partial charge in [0.25, 0.3) is 23.5 Å². The van der Waals surface area contributed by atoms with E-state index < -0.39 is 81.4 Å². The number of anilines is 2. The zero-order valence-electron chi connectivity index (χ0n) is 31.1. The second kappa shape index (κ2) is 18.8. The second-order valence-corrected chi connectivity index (χ2v) is 14.1. The van der Waals surface area contributed by atoms with Crippen molar-refractivity contribution < 1.29 is 67.9 Å². The fourth-order valence-electron chi connectivity index (χ4n) is 5.16. The Bertz CT molecular complexity index is 2700. The van der Waals surface area contributed by atoms with Gasteiger partial charge in [0.2, 0.25) is 0 Å². The van der Waals surface area contributed by atoms with E-state index in [2.05, 4.69) is 20.6 Å². The summed E-state index contributed by atoms with van der Waals surface area (Å²) in [6, 6.07) is 13.9. The van der Waals surface area contributed by atoms with E-state index in [-0.39, 0.29) is 42.5 Å². The largest absolute Gasteiger partial charge is 0.416 e. The highest BCUT2D eigenvalue weighted by Gasteiger charge is 2.33. The van der Waals surface area contributed by atoms with Gasteiger partial charge in [-0.15, -0.1) is 6.42 Å². The molecule has 62 heavy (non-hydrogen) atoms. The molecule has 6 aromatic rings. The Kier molecular flexibility index (Phi) is 13.9. The first-order chi connectivity index (χ1) is 29.1. The van der Waals surface area contributed by atoms with Gasteiger partial charge in [0.1, 0.15) is 40.1 Å². The van der Waals surface area contributed by atoms with Crippen molar-refractivity contribution >= 4 is 56.4 Å². The lowest BCUT2D eigenvalue weighted by Crippen LogP contribution is -2.26. The van der Waals surface area contributed by atoms with Gasteiger partial charge in [-0.25, -0.2) is 32.6 Å². The number of carbonyl (C=O) groups excluding carboxylic acids is 4. The number of nitrogens with one attached hydrogen (secondary N) is 2. The van der Waals surface area contributed by atoms with Crippen molar-refractivity contribution in [3.63, 3.8) is 0 Å². The number of amides is 3. The fourth-order valence-corrected chi connectivity index (χ4v) is 7.06. The molecule has 0 saturated carbocycles. The van der Waals surface area contributed by atoms with Crippen LogP contribution in [0, 0.1) is 35.6 Å². The van der Waals surface area contributed by atoms with Crippen LogP contribution in [-0.2, 0) is 17.2 Å². The molecular weight excluding hydrogens is 885 g/mol. The van der Waals surface area contributed by atoms with Gasteiger partial charge in [0.05, 0.1) is 28.0 Å². The molecule has 4 aromatic carbocycles. The predicted molar refractivity (Wildman–Crippen MR) is 206 cm³/mol. The number of halogens is 10. The van der Waals surface area contributed by atoms with E-state index in [0.717, 1.165) is 77.9 Å². The number of Topliss-reactive ketones (excluding diaryl/α,β-unsaturated/α-hetero) is 1. The van der Waals surface area contributed by atoms with Crippen molar-refractivity contribution in [2.24, 2.45) is 0 Å². The minimum Gasteiger partial charge on any atom is -0.298 e. The lowest BCUT2D eigenvalue weighted by molar-refractivity contribution is -0.138. The van der Waals surface area contributed by atoms with Gasteiger partial charge in [-0.05, 0) is 65.6 Å². The second-order valence-electron chi connectivity index (χ2n) is 12.1. The van der Waals surface area contributed by atoms with Crippen LogP contribution in [0.4, 0.5) is 54.2 Å². The molecule has 0 fully saturated rings. The number of ketones is 1. The molecule has 10 nitrogen and oxygen atoms in total. The summed E-state index contributed by atoms with van der Waals surface area (Å²) in [5.41, 5.74) is -4.37. The van der Waals surface area contributed by atoms with Crippen molar-refractivity contribution in [2.75, 3.05) is 24.8 Å². The number of hydroxylamine groups is 2. The summed E-state index contributed by atoms with van der Waals surface area (Å²) in [5.74, 6) is -6.79. The molecule has 0 saturated heterocycles. The van der Waals surface area contributed by atoms with Gasteiger partial charge < -0.3 is 0 Å². The molecule has 6 rings (SSSR count). The number of hydrogen-bond donors (Lipinski definition) is 2. The van der Waals surface area contributed by atoms with E-state index in [1.807, 2.05) is 0 Å². The van der Waals surface area contributed by atoms with Crippen LogP contribution < -0.4 is 10.6 Å². The van der Waals surface area contributed by atoms with Gasteiger partial charge in [0, 0.05) is 7.05 Å². The molecule has 2 heterocycles. The Balaban J connectivity index is 0.000000235. The van der Waals surface area contributed by atoms with Gasteiger partial charge >= 0.3 is 12.4 Å². The summed E-state index contributed by atoms with van der Waals surface area (Å²) >= 11 is 1.30. The molecule has 22 heteroatoms. The summed E-state index contributed by atoms with van der Waals surface area (Å²) in [6.45, 7) is 0. The lowest BCUT2D eigenvalue weighted by Gasteiger charge is -2.13. The van der Waals surface area contributed by atoms with Crippen molar-refractivity contribution in [2.45, 2.75) is 12.4 Å². The van der Waals surface area contributed by atoms with Crippen LogP contribution in [0.25, 0.3) is 20.9 Å². The number of terminal acetylenes is 1. The van der Waals surface area contributed by atoms with Crippen molar-refractivity contribution in [3.8, 4) is 33.2 Å². The van der Waals surface area contributed by atoms with E-state index in [1.165, 1.54) is 26.3 Å². The maximum Gasteiger partial charge on any atom is 0.416 e. The molecule has 0 aliphatic rings. The average molecular weight is 908 g/mol. The summed E-state index contributed by atoms with van der Waals surface area (Å²) in [4.78, 5) is 61.8. The third-order valence-corrected chi connectivity index (χ3v) is 10.1. The third-order valence-electron chi connectivity index (χ3n) is 8.09. The molecule has 0 atom stereocenters. The Hall–Kier alpha value is -6.96. The van der Waals surface area contributed by atoms with Crippen LogP contribution >= 0.6 is 22.7 Å². The molecule has 320 valence electrons. The molecule has 0 aliphatic carbocycles. The van der Waals surface area contributed by atoms with Crippen molar-refractivity contribution in [1.29, 1.82) is 0 Å². The van der Waals surface area contributed by atoms with Crippen LogP contribution in [-0.4, -0.2) is 52.7 Å². The smallest absolute Gasteiger partial charge is 0.298 e. The molecule has 2 aromatic heterocycles. The number of carbonyl (C=O) groups is 4. The minimum atomic E-state index is -4.63. The standard InChI is InChI=1S/C20H14F5N3O3S.C20H9F5N2O2S/c1-28(31-2)18(30)15-16(10-5-3-6-11(9-10)20(23,24)25)32-19(26-15)27-17(29)14-12(21)7-4-8-13(14)22;1-2-14(28)16-17(10-5-3-6-11(9-10)20(23,24)25)30-19(26-16)27-18(29)15-12(21)7-4-8-13(15)22/h3-9H,1-2H3,(H,26,27,29);1,3-9H,(H,26,27,29). The number of aromatic nitrogens is 2. The monoisotopic (exact) mass is 907 g/mol. The summed E-state index contributed by atoms with van der Waals surface area (Å²) in [5, 5.41) is 4.59. The maximum atomic E-state index is 13.9. The SMILES string of the molecule is C#CC(=O)c1nc(NC(=O)c2c(F)cccc2F)sc1-c1cccc(C(F)(F)F)c1.CON(C)C(=O)c1nc(NC(=O)c2c(F)cccc2F)sc1-c1cccc(C(F)(F)F)c1. The van der Waals surface area contributed by atoms with Gasteiger partial charge in [-0.3, -0.25) is 34.6 Å². The molecule has 0 unspecified atom stereocenters. The van der Waals surface area contributed by atoms with Gasteiger partial charge in [-0.2, -0.15) is 26.3 Å². The summed E-state index contributed by atoms with van der Waals surface area (Å²) < 4.78 is 134. The number of thiazole rings is 2. The van der Waals surface area contributed by atoms with Crippen LogP contribution in [0.3, 0.4) is 0 Å². The van der Waals surface area contributed by atoms with Gasteiger partial charge in [0.15, 0.2) is 16.0 Å². The Morgan fingerprint density at radius 2 is 1.02 bits per heavy atom. The van der Waals surface area contributed by atoms with Crippen LogP contribution in [0.15, 0.2) is 84.9 Å². The van der Waals surface area contributed by atoms with E-state index in [1.54, 1.807) is 5.92 Å². The third kappa shape index (κ3) is 10.5. The summed E-state index contributed by atoms with van der Waals surface area (Å²) in [6.07, 6.45) is -4.17. The Morgan fingerprint density at radius 1 is 0.645 bits per heavy atom. The predicted octanol–water partition coefficient (Wildman–Crippen LogP) is 10.2. The van der Waals surface area contributed by atoms with Crippen LogP contribution in [0.1, 0.15) is 52.8 Å². The average Bonchev–Trinajstić information content (AvgIpc) is 3.84. The molecule has 0 spiro atoms. The molecule has 3 amide bonds. The molecule has 0 bridgehead atoms. The lowest BCUT2D eigenvalue weighted by atomic mass is 10.1. The number of benzene rings is 4. The van der Waals surface area contributed by atoms with E-state index in [0.29, 0.717) is 22.7 Å². The maximum absolute atomic E-state index is 13.9.